The molecule has 0 saturated heterocycles. The molecule has 0 bridgehead atoms. The van der Waals surface area contributed by atoms with E-state index in [0.29, 0.717) is 22.9 Å². The van der Waals surface area contributed by atoms with Crippen molar-refractivity contribution in [3.63, 3.8) is 0 Å². The van der Waals surface area contributed by atoms with Crippen LogP contribution in [0.15, 0.2) is 65.7 Å². The van der Waals surface area contributed by atoms with Crippen LogP contribution in [0.2, 0.25) is 5.02 Å². The van der Waals surface area contributed by atoms with Crippen LogP contribution >= 0.6 is 11.6 Å². The number of fused-ring (bicyclic) bond motifs is 1. The number of nitrogens with two attached hydrogens (primary N) is 2. The van der Waals surface area contributed by atoms with E-state index in [4.69, 9.17) is 32.8 Å². The number of nitrogens with one attached hydrogen (secondary N) is 1. The molecule has 1 aromatic heterocycles. The Balaban J connectivity index is 1.42. The third-order valence-corrected chi connectivity index (χ3v) is 8.61. The van der Waals surface area contributed by atoms with E-state index in [-0.39, 0.29) is 52.5 Å². The molecule has 2 amide bonds. The van der Waals surface area contributed by atoms with Crippen molar-refractivity contribution >= 4 is 35.3 Å². The Bertz CT molecular complexity index is 1900. The van der Waals surface area contributed by atoms with Gasteiger partial charge < -0.3 is 21.5 Å². The molecule has 12 heteroatoms. The minimum atomic E-state index is -1.30. The fourth-order valence-corrected chi connectivity index (χ4v) is 5.50. The lowest BCUT2D eigenvalue weighted by Crippen LogP contribution is -2.40. The summed E-state index contributed by atoms with van der Waals surface area (Å²) in [5.41, 5.74) is 11.9. The minimum Gasteiger partial charge on any atom is -0.489 e. The van der Waals surface area contributed by atoms with E-state index in [2.05, 4.69) is 10.3 Å². The highest BCUT2D eigenvalue weighted by molar-refractivity contribution is 6.31. The van der Waals surface area contributed by atoms with Gasteiger partial charge in [0.2, 0.25) is 5.91 Å². The van der Waals surface area contributed by atoms with Crippen LogP contribution in [0, 0.1) is 17.5 Å². The molecule has 6 rings (SSSR count). The van der Waals surface area contributed by atoms with Crippen molar-refractivity contribution in [3.8, 4) is 17.0 Å². The molecule has 1 fully saturated rings. The molecule has 3 aromatic carbocycles. The summed E-state index contributed by atoms with van der Waals surface area (Å²) < 4.78 is 49.9. The quantitative estimate of drug-likeness (QED) is 0.122. The van der Waals surface area contributed by atoms with Crippen LogP contribution in [0.25, 0.3) is 11.3 Å². The summed E-state index contributed by atoms with van der Waals surface area (Å²) in [5, 5.41) is 2.51. The van der Waals surface area contributed by atoms with E-state index in [9.17, 15) is 18.4 Å². The number of hydrogen-bond donors (Lipinski definition) is 3. The number of aliphatic imine (C=N–C) groups is 1. The normalized spacial score (nSPS) is 17.8. The van der Waals surface area contributed by atoms with Crippen LogP contribution < -0.4 is 21.5 Å². The van der Waals surface area contributed by atoms with Crippen molar-refractivity contribution in [1.82, 2.24) is 10.3 Å². The van der Waals surface area contributed by atoms with Crippen LogP contribution in [-0.2, 0) is 10.2 Å². The Morgan fingerprint density at radius 3 is 2.54 bits per heavy atom. The summed E-state index contributed by atoms with van der Waals surface area (Å²) in [6.07, 6.45) is 3.38. The average molecular weight is 648 g/mol. The standard InChI is InChI=1S/C34H29ClF3N5O3/c1-34(33(40)45)16-46-31-23(34)12-28(43-30(31)21-11-24(35)26(37)13-25(21)36)22(17-5-3-2-4-6-17)15-42-32(44)18-9-19(14-41-20-7-8-20)29(39)27(38)10-18/h2-6,9-14,20,22H,7-8,15-16,39H2,1H3,(H2,40,45)(H,42,44)/t22-,34-/m0/s1. The number of pyridine rings is 1. The number of nitrogen functional groups attached to an aromatic ring is 1. The van der Waals surface area contributed by atoms with Gasteiger partial charge in [-0.3, -0.25) is 14.6 Å². The first-order valence-corrected chi connectivity index (χ1v) is 14.9. The van der Waals surface area contributed by atoms with Crippen molar-refractivity contribution in [2.45, 2.75) is 37.1 Å². The highest BCUT2D eigenvalue weighted by atomic mass is 35.5. The minimum absolute atomic E-state index is 0.00988. The molecule has 0 spiro atoms. The average Bonchev–Trinajstić information content (AvgIpc) is 3.81. The number of carbonyl (C=O) groups excluding carboxylic acids is 2. The van der Waals surface area contributed by atoms with Crippen molar-refractivity contribution in [2.24, 2.45) is 10.7 Å². The topological polar surface area (TPSA) is 133 Å². The summed E-state index contributed by atoms with van der Waals surface area (Å²) in [6.45, 7) is 1.43. The molecular weight excluding hydrogens is 619 g/mol. The molecule has 2 atom stereocenters. The van der Waals surface area contributed by atoms with Gasteiger partial charge in [0, 0.05) is 47.0 Å². The van der Waals surface area contributed by atoms with Crippen LogP contribution in [0.3, 0.4) is 0 Å². The molecular formula is C34H29ClF3N5O3. The van der Waals surface area contributed by atoms with E-state index in [0.717, 1.165) is 30.5 Å². The summed E-state index contributed by atoms with van der Waals surface area (Å²) in [5.74, 6) is -4.45. The Morgan fingerprint density at radius 2 is 1.85 bits per heavy atom. The predicted molar refractivity (Wildman–Crippen MR) is 169 cm³/mol. The number of anilines is 1. The van der Waals surface area contributed by atoms with Crippen molar-refractivity contribution in [2.75, 3.05) is 18.9 Å². The second kappa shape index (κ2) is 12.1. The number of nitrogens with zero attached hydrogens (tertiary/aromatic N) is 2. The molecule has 5 N–H and O–H groups in total. The lowest BCUT2D eigenvalue weighted by molar-refractivity contribution is -0.123. The first-order valence-electron chi connectivity index (χ1n) is 14.5. The largest absolute Gasteiger partial charge is 0.489 e. The number of aromatic nitrogens is 1. The van der Waals surface area contributed by atoms with Crippen LogP contribution in [0.4, 0.5) is 18.9 Å². The van der Waals surface area contributed by atoms with Gasteiger partial charge in [0.25, 0.3) is 5.91 Å². The second-order valence-electron chi connectivity index (χ2n) is 11.6. The van der Waals surface area contributed by atoms with Gasteiger partial charge in [-0.1, -0.05) is 41.9 Å². The van der Waals surface area contributed by atoms with Crippen LogP contribution in [0.5, 0.6) is 5.75 Å². The van der Waals surface area contributed by atoms with Gasteiger partial charge >= 0.3 is 0 Å². The predicted octanol–water partition coefficient (Wildman–Crippen LogP) is 5.68. The van der Waals surface area contributed by atoms with Gasteiger partial charge in [0.05, 0.1) is 22.4 Å². The van der Waals surface area contributed by atoms with E-state index in [1.807, 2.05) is 18.2 Å². The van der Waals surface area contributed by atoms with Gasteiger partial charge in [-0.25, -0.2) is 18.2 Å². The zero-order valence-electron chi connectivity index (χ0n) is 24.6. The zero-order valence-corrected chi connectivity index (χ0v) is 25.4. The lowest BCUT2D eigenvalue weighted by atomic mass is 9.81. The summed E-state index contributed by atoms with van der Waals surface area (Å²) in [6, 6.07) is 15.1. The maximum atomic E-state index is 15.2. The van der Waals surface area contributed by atoms with Crippen LogP contribution in [0.1, 0.15) is 58.4 Å². The first kappa shape index (κ1) is 31.1. The van der Waals surface area contributed by atoms with Gasteiger partial charge in [0.15, 0.2) is 0 Å². The molecule has 236 valence electrons. The molecule has 4 aromatic rings. The maximum absolute atomic E-state index is 15.2. The van der Waals surface area contributed by atoms with Gasteiger partial charge in [-0.05, 0) is 49.6 Å². The van der Waals surface area contributed by atoms with Crippen molar-refractivity contribution in [3.05, 3.63) is 111 Å². The number of primary amides is 1. The highest BCUT2D eigenvalue weighted by Gasteiger charge is 2.44. The van der Waals surface area contributed by atoms with Crippen LogP contribution in [-0.4, -0.2) is 42.2 Å². The summed E-state index contributed by atoms with van der Waals surface area (Å²) in [7, 11) is 0. The SMILES string of the molecule is C[C@]1(C(N)=O)COc2c1cc([C@@H](CNC(=O)c1cc(F)c(N)c(C=NC3CC3)c1)c1ccccc1)nc2-c1cc(Cl)c(F)cc1F. The molecule has 1 aliphatic carbocycles. The second-order valence-corrected chi connectivity index (χ2v) is 12.1. The van der Waals surface area contributed by atoms with E-state index < -0.39 is 40.6 Å². The van der Waals surface area contributed by atoms with E-state index in [1.165, 1.54) is 12.3 Å². The fraction of sp³-hybridized carbons (Fsp3) is 0.235. The number of hydrogen-bond acceptors (Lipinski definition) is 6. The molecule has 1 aliphatic heterocycles. The van der Waals surface area contributed by atoms with Gasteiger partial charge in [-0.2, -0.15) is 0 Å². The molecule has 8 nitrogen and oxygen atoms in total. The Hall–Kier alpha value is -4.90. The monoisotopic (exact) mass is 647 g/mol. The van der Waals surface area contributed by atoms with Gasteiger partial charge in [0.1, 0.15) is 40.9 Å². The highest BCUT2D eigenvalue weighted by Crippen LogP contribution is 2.46. The molecule has 46 heavy (non-hydrogen) atoms. The smallest absolute Gasteiger partial charge is 0.251 e. The van der Waals surface area contributed by atoms with E-state index in [1.54, 1.807) is 25.1 Å². The number of rotatable bonds is 9. The van der Waals surface area contributed by atoms with Gasteiger partial charge in [-0.15, -0.1) is 0 Å². The summed E-state index contributed by atoms with van der Waals surface area (Å²) >= 11 is 6.03. The number of benzene rings is 3. The zero-order chi connectivity index (χ0) is 32.7. The number of amides is 2. The Morgan fingerprint density at radius 1 is 1.11 bits per heavy atom. The Labute approximate surface area is 267 Å². The van der Waals surface area contributed by atoms with Crippen molar-refractivity contribution in [1.29, 1.82) is 0 Å². The summed E-state index contributed by atoms with van der Waals surface area (Å²) in [4.78, 5) is 35.2. The molecule has 0 unspecified atom stereocenters. The number of ether oxygens (including phenoxy) is 1. The fourth-order valence-electron chi connectivity index (χ4n) is 5.33. The molecule has 2 aliphatic rings. The maximum Gasteiger partial charge on any atom is 0.251 e. The first-order chi connectivity index (χ1) is 22.0. The molecule has 0 radical (unpaired) electrons. The third kappa shape index (κ3) is 5.90. The molecule has 2 heterocycles. The van der Waals surface area contributed by atoms with Crippen molar-refractivity contribution < 1.29 is 27.5 Å². The third-order valence-electron chi connectivity index (χ3n) is 8.32. The number of carbonyl (C=O) groups is 2. The molecule has 1 saturated carbocycles. The lowest BCUT2D eigenvalue weighted by Gasteiger charge is -2.23. The Kier molecular flexibility index (Phi) is 8.20. The van der Waals surface area contributed by atoms with E-state index >= 15 is 4.39 Å². The number of halogens is 4.